The molecule has 1 aromatic heterocycles. The zero-order valence-corrected chi connectivity index (χ0v) is 18.7. The predicted molar refractivity (Wildman–Crippen MR) is 124 cm³/mol. The first-order chi connectivity index (χ1) is 15.0. The lowest BCUT2D eigenvalue weighted by Crippen LogP contribution is -2.30. The van der Waals surface area contributed by atoms with Crippen LogP contribution in [0.25, 0.3) is 22.3 Å². The van der Waals surface area contributed by atoms with Gasteiger partial charge in [-0.1, -0.05) is 18.0 Å². The van der Waals surface area contributed by atoms with Crippen molar-refractivity contribution in [3.05, 3.63) is 51.8 Å². The number of nitrogens with zero attached hydrogens (tertiary/aromatic N) is 2. The summed E-state index contributed by atoms with van der Waals surface area (Å²) in [6.45, 7) is 1.30. The molecule has 164 valence electrons. The summed E-state index contributed by atoms with van der Waals surface area (Å²) in [7, 11) is 3.20. The van der Waals surface area contributed by atoms with Crippen LogP contribution in [0, 0.1) is 11.8 Å². The number of ether oxygens (including phenoxy) is 2. The van der Waals surface area contributed by atoms with Crippen molar-refractivity contribution < 1.29 is 9.47 Å². The Morgan fingerprint density at radius 2 is 1.87 bits per heavy atom. The summed E-state index contributed by atoms with van der Waals surface area (Å²) in [6.07, 6.45) is 4.42. The van der Waals surface area contributed by atoms with E-state index in [4.69, 9.17) is 31.8 Å². The molecule has 0 spiro atoms. The van der Waals surface area contributed by atoms with Crippen molar-refractivity contribution in [1.82, 2.24) is 9.55 Å². The molecule has 2 N–H and O–H groups in total. The Bertz CT molecular complexity index is 1140. The SMILES string of the molecule is COc1ccc(-c2nc3ccc(Cl)cc3c(=O)n2CC2CCCC(CN)C2)cc1OC. The van der Waals surface area contributed by atoms with Crippen molar-refractivity contribution >= 4 is 22.5 Å². The molecular formula is C24H28ClN3O3. The van der Waals surface area contributed by atoms with Gasteiger partial charge >= 0.3 is 0 Å². The number of fused-ring (bicyclic) bond motifs is 1. The molecule has 0 radical (unpaired) electrons. The molecule has 0 amide bonds. The monoisotopic (exact) mass is 441 g/mol. The lowest BCUT2D eigenvalue weighted by Gasteiger charge is -2.29. The lowest BCUT2D eigenvalue weighted by atomic mass is 9.81. The van der Waals surface area contributed by atoms with Crippen molar-refractivity contribution in [1.29, 1.82) is 0 Å². The van der Waals surface area contributed by atoms with E-state index >= 15 is 0 Å². The van der Waals surface area contributed by atoms with Crippen LogP contribution < -0.4 is 20.8 Å². The zero-order valence-electron chi connectivity index (χ0n) is 17.9. The number of benzene rings is 2. The number of nitrogens with two attached hydrogens (primary N) is 1. The molecule has 1 saturated carbocycles. The minimum absolute atomic E-state index is 0.0767. The second-order valence-electron chi connectivity index (χ2n) is 8.22. The van der Waals surface area contributed by atoms with Gasteiger partial charge in [0.25, 0.3) is 5.56 Å². The molecule has 6 nitrogen and oxygen atoms in total. The molecule has 31 heavy (non-hydrogen) atoms. The average Bonchev–Trinajstić information content (AvgIpc) is 2.80. The van der Waals surface area contributed by atoms with Crippen LogP contribution in [0.2, 0.25) is 5.02 Å². The summed E-state index contributed by atoms with van der Waals surface area (Å²) in [6, 6.07) is 10.9. The fourth-order valence-electron chi connectivity index (χ4n) is 4.60. The van der Waals surface area contributed by atoms with Crippen LogP contribution in [0.1, 0.15) is 25.7 Å². The second-order valence-corrected chi connectivity index (χ2v) is 8.65. The van der Waals surface area contributed by atoms with Crippen LogP contribution >= 0.6 is 11.6 Å². The van der Waals surface area contributed by atoms with Gasteiger partial charge in [0.1, 0.15) is 5.82 Å². The summed E-state index contributed by atoms with van der Waals surface area (Å²) < 4.78 is 12.6. The van der Waals surface area contributed by atoms with Crippen LogP contribution in [0.3, 0.4) is 0 Å². The molecule has 0 saturated heterocycles. The summed E-state index contributed by atoms with van der Waals surface area (Å²) in [5.74, 6) is 2.75. The minimum atomic E-state index is -0.0767. The van der Waals surface area contributed by atoms with Gasteiger partial charge in [-0.05, 0) is 74.0 Å². The fourth-order valence-corrected chi connectivity index (χ4v) is 4.77. The van der Waals surface area contributed by atoms with Crippen LogP contribution in [-0.4, -0.2) is 30.3 Å². The van der Waals surface area contributed by atoms with Crippen LogP contribution in [-0.2, 0) is 6.54 Å². The largest absolute Gasteiger partial charge is 0.493 e. The Balaban J connectivity index is 1.86. The van der Waals surface area contributed by atoms with E-state index in [-0.39, 0.29) is 5.56 Å². The Labute approximate surface area is 186 Å². The molecule has 1 aliphatic carbocycles. The van der Waals surface area contributed by atoms with Crippen molar-refractivity contribution in [3.8, 4) is 22.9 Å². The Kier molecular flexibility index (Phi) is 6.49. The van der Waals surface area contributed by atoms with Gasteiger partial charge in [0.15, 0.2) is 11.5 Å². The Morgan fingerprint density at radius 1 is 1.10 bits per heavy atom. The van der Waals surface area contributed by atoms with E-state index in [9.17, 15) is 4.79 Å². The fraction of sp³-hybridized carbons (Fsp3) is 0.417. The first-order valence-electron chi connectivity index (χ1n) is 10.7. The smallest absolute Gasteiger partial charge is 0.261 e. The number of methoxy groups -OCH3 is 2. The summed E-state index contributed by atoms with van der Waals surface area (Å²) in [5.41, 5.74) is 7.29. The van der Waals surface area contributed by atoms with Crippen molar-refractivity contribution in [2.24, 2.45) is 17.6 Å². The molecule has 2 aromatic carbocycles. The van der Waals surface area contributed by atoms with Crippen LogP contribution in [0.15, 0.2) is 41.2 Å². The summed E-state index contributed by atoms with van der Waals surface area (Å²) in [4.78, 5) is 18.4. The number of aromatic nitrogens is 2. The summed E-state index contributed by atoms with van der Waals surface area (Å²) in [5, 5.41) is 1.06. The third-order valence-corrected chi connectivity index (χ3v) is 6.46. The number of hydrogen-bond donors (Lipinski definition) is 1. The van der Waals surface area contributed by atoms with E-state index in [1.165, 1.54) is 0 Å². The first-order valence-corrected chi connectivity index (χ1v) is 11.0. The molecule has 2 atom stereocenters. The second kappa shape index (κ2) is 9.28. The van der Waals surface area contributed by atoms with E-state index in [1.54, 1.807) is 37.0 Å². The highest BCUT2D eigenvalue weighted by molar-refractivity contribution is 6.31. The predicted octanol–water partition coefficient (Wildman–Crippen LogP) is 4.50. The van der Waals surface area contributed by atoms with Crippen LogP contribution in [0.5, 0.6) is 11.5 Å². The van der Waals surface area contributed by atoms with Gasteiger partial charge in [-0.2, -0.15) is 0 Å². The van der Waals surface area contributed by atoms with E-state index < -0.39 is 0 Å². The quantitative estimate of drug-likeness (QED) is 0.609. The van der Waals surface area contributed by atoms with Gasteiger partial charge in [-0.25, -0.2) is 4.98 Å². The van der Waals surface area contributed by atoms with Crippen molar-refractivity contribution in [2.75, 3.05) is 20.8 Å². The Morgan fingerprint density at radius 3 is 2.61 bits per heavy atom. The maximum atomic E-state index is 13.6. The van der Waals surface area contributed by atoms with Gasteiger partial charge in [0.2, 0.25) is 0 Å². The third-order valence-electron chi connectivity index (χ3n) is 6.22. The Hall–Kier alpha value is -2.57. The maximum absolute atomic E-state index is 13.6. The minimum Gasteiger partial charge on any atom is -0.493 e. The molecule has 0 bridgehead atoms. The number of hydrogen-bond acceptors (Lipinski definition) is 5. The van der Waals surface area contributed by atoms with Crippen molar-refractivity contribution in [2.45, 2.75) is 32.2 Å². The van der Waals surface area contributed by atoms with Crippen molar-refractivity contribution in [3.63, 3.8) is 0 Å². The standard InChI is InChI=1S/C24H28ClN3O3/c1-30-21-9-6-17(11-22(21)31-2)23-27-20-8-7-18(25)12-19(20)24(29)28(23)14-16-5-3-4-15(10-16)13-26/h6-9,11-12,15-16H,3-5,10,13-14,26H2,1-2H3. The molecule has 0 aliphatic heterocycles. The van der Waals surface area contributed by atoms with Crippen LogP contribution in [0.4, 0.5) is 0 Å². The topological polar surface area (TPSA) is 79.4 Å². The van der Waals surface area contributed by atoms with Gasteiger partial charge in [0.05, 0.1) is 25.1 Å². The third kappa shape index (κ3) is 4.41. The van der Waals surface area contributed by atoms with Gasteiger partial charge in [-0.3, -0.25) is 9.36 Å². The molecular weight excluding hydrogens is 414 g/mol. The molecule has 3 aromatic rings. The number of halogens is 1. The molecule has 1 fully saturated rings. The summed E-state index contributed by atoms with van der Waals surface area (Å²) >= 11 is 6.18. The average molecular weight is 442 g/mol. The van der Waals surface area contributed by atoms with E-state index in [2.05, 4.69) is 0 Å². The normalized spacial score (nSPS) is 18.8. The first kappa shape index (κ1) is 21.7. The molecule has 4 rings (SSSR count). The van der Waals surface area contributed by atoms with E-state index in [0.29, 0.717) is 58.2 Å². The van der Waals surface area contributed by atoms with E-state index in [1.807, 2.05) is 18.2 Å². The van der Waals surface area contributed by atoms with Gasteiger partial charge < -0.3 is 15.2 Å². The molecule has 2 unspecified atom stereocenters. The highest BCUT2D eigenvalue weighted by Crippen LogP contribution is 2.34. The molecule has 1 heterocycles. The molecule has 1 aliphatic rings. The van der Waals surface area contributed by atoms with Gasteiger partial charge in [0, 0.05) is 17.1 Å². The molecule has 7 heteroatoms. The lowest BCUT2D eigenvalue weighted by molar-refractivity contribution is 0.246. The highest BCUT2D eigenvalue weighted by Gasteiger charge is 2.24. The highest BCUT2D eigenvalue weighted by atomic mass is 35.5. The maximum Gasteiger partial charge on any atom is 0.261 e. The zero-order chi connectivity index (χ0) is 22.0. The van der Waals surface area contributed by atoms with Gasteiger partial charge in [-0.15, -0.1) is 0 Å². The number of rotatable bonds is 6. The van der Waals surface area contributed by atoms with E-state index in [0.717, 1.165) is 31.2 Å².